The Morgan fingerprint density at radius 2 is 2.33 bits per heavy atom. The van der Waals surface area contributed by atoms with E-state index in [1.807, 2.05) is 18.3 Å². The van der Waals surface area contributed by atoms with Crippen molar-refractivity contribution in [2.75, 3.05) is 24.6 Å². The normalized spacial score (nSPS) is 14.6. The maximum atomic E-state index is 5.79. The van der Waals surface area contributed by atoms with Crippen LogP contribution >= 0.6 is 0 Å². The fraction of sp³-hybridized carbons (Fsp3) is 0.643. The second-order valence-corrected chi connectivity index (χ2v) is 4.74. The number of ether oxygens (including phenoxy) is 1. The summed E-state index contributed by atoms with van der Waals surface area (Å²) < 4.78 is 5.79. The van der Waals surface area contributed by atoms with E-state index in [9.17, 15) is 0 Å². The first-order chi connectivity index (χ1) is 8.86. The van der Waals surface area contributed by atoms with Gasteiger partial charge in [-0.15, -0.1) is 0 Å². The molecule has 18 heavy (non-hydrogen) atoms. The maximum absolute atomic E-state index is 5.79. The van der Waals surface area contributed by atoms with Crippen LogP contribution in [0.5, 0.6) is 5.75 Å². The van der Waals surface area contributed by atoms with Gasteiger partial charge < -0.3 is 15.4 Å². The third kappa shape index (κ3) is 3.35. The largest absolute Gasteiger partial charge is 0.490 e. The van der Waals surface area contributed by atoms with Gasteiger partial charge in [-0.3, -0.25) is 0 Å². The Morgan fingerprint density at radius 3 is 3.00 bits per heavy atom. The average Bonchev–Trinajstić information content (AvgIpc) is 3.22. The maximum Gasteiger partial charge on any atom is 0.171 e. The number of hydrogen-bond acceptors (Lipinski definition) is 4. The predicted molar refractivity (Wildman–Crippen MR) is 74.1 cm³/mol. The summed E-state index contributed by atoms with van der Waals surface area (Å²) in [4.78, 5) is 6.87. The molecule has 0 spiro atoms. The topological polar surface area (TPSA) is 51.4 Å². The Bertz CT molecular complexity index is 366. The van der Waals surface area contributed by atoms with Crippen molar-refractivity contribution in [3.05, 3.63) is 18.3 Å². The second kappa shape index (κ2) is 6.59. The molecule has 0 aromatic carbocycles. The molecule has 4 nitrogen and oxygen atoms in total. The number of anilines is 1. The molecule has 0 aliphatic heterocycles. The quantitative estimate of drug-likeness (QED) is 0.767. The first-order valence-corrected chi connectivity index (χ1v) is 6.91. The van der Waals surface area contributed by atoms with Gasteiger partial charge in [0.2, 0.25) is 0 Å². The van der Waals surface area contributed by atoms with Crippen LogP contribution in [0.25, 0.3) is 0 Å². The van der Waals surface area contributed by atoms with Crippen molar-refractivity contribution in [1.29, 1.82) is 0 Å². The molecule has 100 valence electrons. The summed E-state index contributed by atoms with van der Waals surface area (Å²) >= 11 is 0. The zero-order valence-electron chi connectivity index (χ0n) is 11.1. The van der Waals surface area contributed by atoms with E-state index in [2.05, 4.69) is 16.8 Å². The van der Waals surface area contributed by atoms with Gasteiger partial charge in [-0.2, -0.15) is 0 Å². The Balaban J connectivity index is 2.12. The minimum Gasteiger partial charge on any atom is -0.490 e. The molecule has 1 aliphatic carbocycles. The van der Waals surface area contributed by atoms with E-state index in [1.165, 1.54) is 12.8 Å². The summed E-state index contributed by atoms with van der Waals surface area (Å²) in [5, 5.41) is 0. The zero-order valence-corrected chi connectivity index (χ0v) is 11.1. The molecule has 1 fully saturated rings. The highest BCUT2D eigenvalue weighted by Crippen LogP contribution is 2.35. The van der Waals surface area contributed by atoms with E-state index >= 15 is 0 Å². The van der Waals surface area contributed by atoms with Crippen LogP contribution in [0, 0.1) is 0 Å². The molecule has 0 unspecified atom stereocenters. The van der Waals surface area contributed by atoms with Crippen LogP contribution in [0.2, 0.25) is 0 Å². The van der Waals surface area contributed by atoms with Gasteiger partial charge in [0.05, 0.1) is 6.61 Å². The van der Waals surface area contributed by atoms with Crippen molar-refractivity contribution >= 4 is 5.82 Å². The van der Waals surface area contributed by atoms with Crippen molar-refractivity contribution < 1.29 is 4.74 Å². The highest BCUT2D eigenvalue weighted by Gasteiger charge is 2.31. The van der Waals surface area contributed by atoms with E-state index in [0.29, 0.717) is 6.04 Å². The number of aromatic nitrogens is 1. The summed E-state index contributed by atoms with van der Waals surface area (Å²) in [5.74, 6) is 1.89. The first kappa shape index (κ1) is 13.1. The van der Waals surface area contributed by atoms with Gasteiger partial charge in [-0.25, -0.2) is 4.98 Å². The summed E-state index contributed by atoms with van der Waals surface area (Å²) in [7, 11) is 0. The Kier molecular flexibility index (Phi) is 4.81. The van der Waals surface area contributed by atoms with Gasteiger partial charge in [0.15, 0.2) is 11.6 Å². The van der Waals surface area contributed by atoms with Crippen LogP contribution in [0.15, 0.2) is 18.3 Å². The third-order valence-electron chi connectivity index (χ3n) is 3.08. The molecular formula is C14H23N3O. The third-order valence-corrected chi connectivity index (χ3v) is 3.08. The van der Waals surface area contributed by atoms with Crippen molar-refractivity contribution in [2.24, 2.45) is 5.73 Å². The Hall–Kier alpha value is -1.29. The molecule has 0 amide bonds. The lowest BCUT2D eigenvalue weighted by molar-refractivity contribution is 0.316. The van der Waals surface area contributed by atoms with Gasteiger partial charge in [0.1, 0.15) is 0 Å². The van der Waals surface area contributed by atoms with E-state index in [0.717, 1.165) is 44.1 Å². The summed E-state index contributed by atoms with van der Waals surface area (Å²) in [6.07, 6.45) is 6.37. The van der Waals surface area contributed by atoms with Gasteiger partial charge >= 0.3 is 0 Å². The van der Waals surface area contributed by atoms with Crippen LogP contribution in [-0.2, 0) is 0 Å². The van der Waals surface area contributed by atoms with Gasteiger partial charge in [-0.05, 0) is 44.4 Å². The molecule has 0 saturated heterocycles. The molecule has 1 saturated carbocycles. The van der Waals surface area contributed by atoms with Crippen LogP contribution in [0.1, 0.15) is 32.6 Å². The monoisotopic (exact) mass is 249 g/mol. The molecule has 0 bridgehead atoms. The van der Waals surface area contributed by atoms with Crippen molar-refractivity contribution in [3.8, 4) is 5.75 Å². The van der Waals surface area contributed by atoms with Crippen LogP contribution in [-0.4, -0.2) is 30.7 Å². The van der Waals surface area contributed by atoms with E-state index in [4.69, 9.17) is 10.5 Å². The van der Waals surface area contributed by atoms with Crippen molar-refractivity contribution in [2.45, 2.75) is 38.6 Å². The molecule has 1 aliphatic rings. The molecule has 2 rings (SSSR count). The Labute approximate surface area is 109 Å². The second-order valence-electron chi connectivity index (χ2n) is 4.74. The molecule has 4 heteroatoms. The van der Waals surface area contributed by atoms with E-state index in [1.54, 1.807) is 0 Å². The molecule has 2 N–H and O–H groups in total. The minimum atomic E-state index is 0.635. The minimum absolute atomic E-state index is 0.635. The first-order valence-electron chi connectivity index (χ1n) is 6.91. The fourth-order valence-corrected chi connectivity index (χ4v) is 2.03. The van der Waals surface area contributed by atoms with Crippen LogP contribution in [0.3, 0.4) is 0 Å². The molecule has 0 atom stereocenters. The average molecular weight is 249 g/mol. The molecule has 1 aromatic heterocycles. The summed E-state index contributed by atoms with van der Waals surface area (Å²) in [6.45, 7) is 4.55. The van der Waals surface area contributed by atoms with Gasteiger partial charge in [-0.1, -0.05) is 6.92 Å². The zero-order chi connectivity index (χ0) is 12.8. The molecular weight excluding hydrogens is 226 g/mol. The lowest BCUT2D eigenvalue weighted by Gasteiger charge is -2.25. The predicted octanol–water partition coefficient (Wildman–Crippen LogP) is 2.19. The van der Waals surface area contributed by atoms with E-state index < -0.39 is 0 Å². The SMILES string of the molecule is CCCOc1cccnc1N(CCCN)C1CC1. The number of nitrogens with two attached hydrogens (primary N) is 1. The number of hydrogen-bond donors (Lipinski definition) is 1. The number of nitrogens with zero attached hydrogens (tertiary/aromatic N) is 2. The fourth-order valence-electron chi connectivity index (χ4n) is 2.03. The standard InChI is InChI=1S/C14H23N3O/c1-2-11-18-13-5-3-9-16-14(13)17(10-4-8-15)12-6-7-12/h3,5,9,12H,2,4,6-8,10-11,15H2,1H3. The number of rotatable bonds is 8. The number of pyridine rings is 1. The molecule has 1 aromatic rings. The Morgan fingerprint density at radius 1 is 1.50 bits per heavy atom. The smallest absolute Gasteiger partial charge is 0.171 e. The highest BCUT2D eigenvalue weighted by atomic mass is 16.5. The van der Waals surface area contributed by atoms with Crippen LogP contribution < -0.4 is 15.4 Å². The lowest BCUT2D eigenvalue weighted by Crippen LogP contribution is -2.29. The van der Waals surface area contributed by atoms with Crippen molar-refractivity contribution in [3.63, 3.8) is 0 Å². The van der Waals surface area contributed by atoms with Crippen molar-refractivity contribution in [1.82, 2.24) is 4.98 Å². The molecule has 0 radical (unpaired) electrons. The van der Waals surface area contributed by atoms with Crippen LogP contribution in [0.4, 0.5) is 5.82 Å². The summed E-state index contributed by atoms with van der Waals surface area (Å²) in [5.41, 5.74) is 5.62. The lowest BCUT2D eigenvalue weighted by atomic mass is 10.3. The van der Waals surface area contributed by atoms with Gasteiger partial charge in [0.25, 0.3) is 0 Å². The van der Waals surface area contributed by atoms with Gasteiger partial charge in [0, 0.05) is 18.8 Å². The summed E-state index contributed by atoms with van der Waals surface area (Å²) in [6, 6.07) is 4.58. The molecule has 1 heterocycles. The highest BCUT2D eigenvalue weighted by molar-refractivity contribution is 5.53. The van der Waals surface area contributed by atoms with E-state index in [-0.39, 0.29) is 0 Å².